The Labute approximate surface area is 115 Å². The minimum atomic E-state index is -3.29. The van der Waals surface area contributed by atoms with Crippen LogP contribution in [0.3, 0.4) is 0 Å². The highest BCUT2D eigenvalue weighted by molar-refractivity contribution is 7.88. The van der Waals surface area contributed by atoms with Crippen LogP contribution in [0.2, 0.25) is 0 Å². The number of sulfonamides is 1. The summed E-state index contributed by atoms with van der Waals surface area (Å²) in [7, 11) is -3.29. The zero-order chi connectivity index (χ0) is 13.9. The summed E-state index contributed by atoms with van der Waals surface area (Å²) in [6.07, 6.45) is 3.15. The van der Waals surface area contributed by atoms with E-state index in [1.165, 1.54) is 0 Å². The van der Waals surface area contributed by atoms with Crippen LogP contribution in [-0.2, 0) is 22.3 Å². The Morgan fingerprint density at radius 2 is 1.95 bits per heavy atom. The Hall–Kier alpha value is -0.910. The molecule has 3 N–H and O–H groups in total. The van der Waals surface area contributed by atoms with E-state index in [2.05, 4.69) is 11.6 Å². The molecule has 0 bridgehead atoms. The fourth-order valence-electron chi connectivity index (χ4n) is 2.69. The van der Waals surface area contributed by atoms with Crippen molar-refractivity contribution in [1.29, 1.82) is 0 Å². The average Bonchev–Trinajstić information content (AvgIpc) is 2.74. The van der Waals surface area contributed by atoms with Gasteiger partial charge in [0.2, 0.25) is 10.0 Å². The topological polar surface area (TPSA) is 72.2 Å². The van der Waals surface area contributed by atoms with Gasteiger partial charge in [-0.25, -0.2) is 13.1 Å². The van der Waals surface area contributed by atoms with E-state index in [1.807, 2.05) is 24.3 Å². The second-order valence-corrected chi connectivity index (χ2v) is 7.12. The lowest BCUT2D eigenvalue weighted by Gasteiger charge is -2.18. The molecule has 0 amide bonds. The molecule has 0 aliphatic heterocycles. The highest BCUT2D eigenvalue weighted by Crippen LogP contribution is 2.25. The van der Waals surface area contributed by atoms with Crippen LogP contribution in [0, 0.1) is 5.92 Å². The van der Waals surface area contributed by atoms with Crippen LogP contribution in [0.1, 0.15) is 37.3 Å². The maximum Gasteiger partial charge on any atom is 0.216 e. The van der Waals surface area contributed by atoms with Crippen molar-refractivity contribution in [3.63, 3.8) is 0 Å². The third-order valence-electron chi connectivity index (χ3n) is 3.88. The van der Waals surface area contributed by atoms with Crippen LogP contribution < -0.4 is 10.5 Å². The summed E-state index contributed by atoms with van der Waals surface area (Å²) >= 11 is 0. The van der Waals surface area contributed by atoms with Crippen LogP contribution in [0.4, 0.5) is 0 Å². The standard InChI is InChI=1S/C14H22N2O2S/c1-11-5-4-8-14(11)16-19(17,18)10-13-7-3-2-6-12(13)9-15/h2-3,6-7,11,14,16H,4-5,8-10,15H2,1H3. The van der Waals surface area contributed by atoms with Crippen LogP contribution in [-0.4, -0.2) is 14.5 Å². The molecule has 1 fully saturated rings. The maximum absolute atomic E-state index is 12.2. The molecule has 1 aromatic rings. The van der Waals surface area contributed by atoms with Crippen molar-refractivity contribution >= 4 is 10.0 Å². The van der Waals surface area contributed by atoms with Gasteiger partial charge in [-0.15, -0.1) is 0 Å². The van der Waals surface area contributed by atoms with Crippen molar-refractivity contribution in [3.05, 3.63) is 35.4 Å². The second kappa shape index (κ2) is 6.03. The minimum absolute atomic E-state index is 0.0175. The molecule has 19 heavy (non-hydrogen) atoms. The molecule has 1 aromatic carbocycles. The van der Waals surface area contributed by atoms with Crippen molar-refractivity contribution in [1.82, 2.24) is 4.72 Å². The van der Waals surface area contributed by atoms with Gasteiger partial charge >= 0.3 is 0 Å². The first kappa shape index (κ1) is 14.5. The number of benzene rings is 1. The summed E-state index contributed by atoms with van der Waals surface area (Å²) in [6, 6.07) is 7.53. The van der Waals surface area contributed by atoms with Crippen molar-refractivity contribution in [2.24, 2.45) is 11.7 Å². The van der Waals surface area contributed by atoms with Crippen molar-refractivity contribution in [2.75, 3.05) is 0 Å². The number of hydrogen-bond acceptors (Lipinski definition) is 3. The molecular formula is C14H22N2O2S. The molecule has 2 unspecified atom stereocenters. The number of hydrogen-bond donors (Lipinski definition) is 2. The highest BCUT2D eigenvalue weighted by atomic mass is 32.2. The first-order chi connectivity index (χ1) is 9.02. The Balaban J connectivity index is 2.08. The normalized spacial score (nSPS) is 23.7. The van der Waals surface area contributed by atoms with Gasteiger partial charge in [0.1, 0.15) is 0 Å². The van der Waals surface area contributed by atoms with Crippen LogP contribution in [0.15, 0.2) is 24.3 Å². The molecule has 0 spiro atoms. The smallest absolute Gasteiger partial charge is 0.216 e. The average molecular weight is 282 g/mol. The molecule has 1 aliphatic carbocycles. The molecule has 0 aromatic heterocycles. The molecule has 106 valence electrons. The van der Waals surface area contributed by atoms with Gasteiger partial charge in [0.05, 0.1) is 5.75 Å². The van der Waals surface area contributed by atoms with Crippen molar-refractivity contribution in [2.45, 2.75) is 44.5 Å². The molecule has 1 aliphatic rings. The molecule has 0 saturated heterocycles. The van der Waals surface area contributed by atoms with Gasteiger partial charge in [-0.2, -0.15) is 0 Å². The van der Waals surface area contributed by atoms with E-state index in [0.717, 1.165) is 30.4 Å². The quantitative estimate of drug-likeness (QED) is 0.864. The molecule has 2 atom stereocenters. The largest absolute Gasteiger partial charge is 0.326 e. The van der Waals surface area contributed by atoms with E-state index < -0.39 is 10.0 Å². The second-order valence-electron chi connectivity index (χ2n) is 5.36. The first-order valence-corrected chi connectivity index (χ1v) is 8.44. The fraction of sp³-hybridized carbons (Fsp3) is 0.571. The number of nitrogens with one attached hydrogen (secondary N) is 1. The SMILES string of the molecule is CC1CCCC1NS(=O)(=O)Cc1ccccc1CN. The summed E-state index contributed by atoms with van der Waals surface area (Å²) in [6.45, 7) is 2.47. The molecular weight excluding hydrogens is 260 g/mol. The van der Waals surface area contributed by atoms with E-state index in [-0.39, 0.29) is 11.8 Å². The van der Waals surface area contributed by atoms with Gasteiger partial charge in [-0.05, 0) is 29.9 Å². The molecule has 5 heteroatoms. The third-order valence-corrected chi connectivity index (χ3v) is 5.23. The fourth-order valence-corrected chi connectivity index (χ4v) is 4.28. The van der Waals surface area contributed by atoms with Crippen molar-refractivity contribution in [3.8, 4) is 0 Å². The van der Waals surface area contributed by atoms with Gasteiger partial charge in [0.25, 0.3) is 0 Å². The molecule has 4 nitrogen and oxygen atoms in total. The molecule has 1 saturated carbocycles. The summed E-state index contributed by atoms with van der Waals surface area (Å²) in [5.41, 5.74) is 7.33. The summed E-state index contributed by atoms with van der Waals surface area (Å²) in [5.74, 6) is 0.448. The predicted molar refractivity (Wildman–Crippen MR) is 76.9 cm³/mol. The van der Waals surface area contributed by atoms with E-state index in [9.17, 15) is 8.42 Å². The maximum atomic E-state index is 12.2. The van der Waals surface area contributed by atoms with Crippen LogP contribution >= 0.6 is 0 Å². The van der Waals surface area contributed by atoms with E-state index in [4.69, 9.17) is 5.73 Å². The van der Waals surface area contributed by atoms with Crippen LogP contribution in [0.5, 0.6) is 0 Å². The Bertz CT molecular complexity index is 528. The zero-order valence-electron chi connectivity index (χ0n) is 11.3. The van der Waals surface area contributed by atoms with Gasteiger partial charge in [-0.3, -0.25) is 0 Å². The van der Waals surface area contributed by atoms with E-state index >= 15 is 0 Å². The lowest BCUT2D eigenvalue weighted by atomic mass is 10.1. The highest BCUT2D eigenvalue weighted by Gasteiger charge is 2.27. The predicted octanol–water partition coefficient (Wildman–Crippen LogP) is 1.75. The lowest BCUT2D eigenvalue weighted by molar-refractivity contribution is 0.476. The minimum Gasteiger partial charge on any atom is -0.326 e. The van der Waals surface area contributed by atoms with Gasteiger partial charge in [0.15, 0.2) is 0 Å². The number of nitrogens with two attached hydrogens (primary N) is 1. The van der Waals surface area contributed by atoms with Crippen LogP contribution in [0.25, 0.3) is 0 Å². The van der Waals surface area contributed by atoms with E-state index in [0.29, 0.717) is 12.5 Å². The first-order valence-electron chi connectivity index (χ1n) is 6.78. The summed E-state index contributed by atoms with van der Waals surface area (Å²) in [4.78, 5) is 0. The summed E-state index contributed by atoms with van der Waals surface area (Å²) in [5, 5.41) is 0. The Morgan fingerprint density at radius 3 is 2.53 bits per heavy atom. The van der Waals surface area contributed by atoms with E-state index in [1.54, 1.807) is 0 Å². The number of rotatable bonds is 5. The Kier molecular flexibility index (Phi) is 4.60. The summed E-state index contributed by atoms with van der Waals surface area (Å²) < 4.78 is 27.3. The third kappa shape index (κ3) is 3.78. The molecule has 0 radical (unpaired) electrons. The lowest BCUT2D eigenvalue weighted by Crippen LogP contribution is -2.37. The Morgan fingerprint density at radius 1 is 1.26 bits per heavy atom. The zero-order valence-corrected chi connectivity index (χ0v) is 12.1. The molecule has 0 heterocycles. The van der Waals surface area contributed by atoms with Gasteiger partial charge in [0, 0.05) is 12.6 Å². The van der Waals surface area contributed by atoms with Gasteiger partial charge in [-0.1, -0.05) is 37.6 Å². The van der Waals surface area contributed by atoms with Crippen molar-refractivity contribution < 1.29 is 8.42 Å². The molecule has 2 rings (SSSR count). The monoisotopic (exact) mass is 282 g/mol. The van der Waals surface area contributed by atoms with Gasteiger partial charge < -0.3 is 5.73 Å².